The Morgan fingerprint density at radius 2 is 0.956 bits per heavy atom. The summed E-state index contributed by atoms with van der Waals surface area (Å²) in [5, 5.41) is 28.7. The van der Waals surface area contributed by atoms with Gasteiger partial charge in [0.1, 0.15) is 23.0 Å². The Bertz CT molecular complexity index is 4980. The van der Waals surface area contributed by atoms with Crippen molar-refractivity contribution >= 4 is 48.9 Å². The van der Waals surface area contributed by atoms with E-state index in [2.05, 4.69) is 358 Å². The second-order valence-electron chi connectivity index (χ2n) is 31.3. The van der Waals surface area contributed by atoms with E-state index < -0.39 is 0 Å². The Labute approximate surface area is 693 Å². The molecule has 0 saturated carbocycles. The summed E-state index contributed by atoms with van der Waals surface area (Å²) < 4.78 is 14.3. The van der Waals surface area contributed by atoms with Crippen molar-refractivity contribution < 1.29 is 19.7 Å². The van der Waals surface area contributed by atoms with Crippen LogP contribution in [0.4, 0.5) is 17.1 Å². The zero-order valence-corrected chi connectivity index (χ0v) is 72.0. The van der Waals surface area contributed by atoms with E-state index in [1.165, 1.54) is 89.0 Å². The van der Waals surface area contributed by atoms with Crippen LogP contribution in [-0.4, -0.2) is 45.5 Å². The van der Waals surface area contributed by atoms with Gasteiger partial charge in [0.05, 0.1) is 19.3 Å². The molecule has 0 spiro atoms. The summed E-state index contributed by atoms with van der Waals surface area (Å²) in [4.78, 5) is 10.0. The lowest BCUT2D eigenvalue weighted by Gasteiger charge is -2.34. The molecule has 0 aromatic heterocycles. The summed E-state index contributed by atoms with van der Waals surface area (Å²) in [5.74, 6) is 1.82. The van der Waals surface area contributed by atoms with E-state index in [-0.39, 0.29) is 11.8 Å². The Balaban J connectivity index is 1.17. The minimum atomic E-state index is -0.118. The van der Waals surface area contributed by atoms with Crippen LogP contribution in [0.3, 0.4) is 0 Å². The van der Waals surface area contributed by atoms with Gasteiger partial charge in [0.15, 0.2) is 0 Å². The molecule has 0 bridgehead atoms. The lowest BCUT2D eigenvalue weighted by atomic mass is 9.91. The number of phenolic OH excluding ortho intramolecular Hbond substituents is 2. The number of hydrogen-bond acceptors (Lipinski definition) is 8. The molecule has 0 aliphatic heterocycles. The molecule has 1 atom stereocenters. The maximum atomic E-state index is 14.1. The second kappa shape index (κ2) is 41.3. The van der Waals surface area contributed by atoms with E-state index in [0.29, 0.717) is 89.7 Å². The molecule has 11 rings (SSSR count). The normalized spacial score (nSPS) is 12.6. The van der Waals surface area contributed by atoms with Crippen molar-refractivity contribution in [3.63, 3.8) is 0 Å². The van der Waals surface area contributed by atoms with Crippen LogP contribution in [0, 0.1) is 55.4 Å². The number of hydrogen-bond donors (Lipinski definition) is 2. The number of rotatable bonds is 39. The van der Waals surface area contributed by atoms with Gasteiger partial charge in [-0.1, -0.05) is 261 Å². The fraction of sp³-hybridized carbons (Fsp3) is 0.320. The van der Waals surface area contributed by atoms with Gasteiger partial charge in [-0.2, -0.15) is 0 Å². The van der Waals surface area contributed by atoms with E-state index in [1.807, 2.05) is 0 Å². The van der Waals surface area contributed by atoms with Crippen LogP contribution >= 0.6 is 31.9 Å². The maximum Gasteiger partial charge on any atom is 0.126 e. The highest BCUT2D eigenvalue weighted by Crippen LogP contribution is 2.44. The summed E-state index contributed by atoms with van der Waals surface area (Å²) >= 11 is 7.46. The Morgan fingerprint density at radius 1 is 0.487 bits per heavy atom. The largest absolute Gasteiger partial charge is 0.507 e. The number of ether oxygens (including phenoxy) is 2. The van der Waals surface area contributed by atoms with Gasteiger partial charge in [-0.25, -0.2) is 0 Å². The molecule has 113 heavy (non-hydrogen) atoms. The van der Waals surface area contributed by atoms with Crippen LogP contribution in [0.25, 0.3) is 0 Å². The van der Waals surface area contributed by atoms with Crippen molar-refractivity contribution in [2.24, 2.45) is 0 Å². The molecule has 10 aromatic carbocycles. The van der Waals surface area contributed by atoms with Gasteiger partial charge < -0.3 is 39.3 Å². The molecule has 1 aliphatic carbocycles. The molecular formula is C103H118Br2N4O4. The summed E-state index contributed by atoms with van der Waals surface area (Å²) in [6.07, 6.45) is 18.3. The third-order valence-corrected chi connectivity index (χ3v) is 23.4. The molecule has 588 valence electrons. The topological polar surface area (TPSA) is 71.9 Å². The molecule has 2 N–H and O–H groups in total. The molecule has 0 fully saturated rings. The first kappa shape index (κ1) is 84.2. The van der Waals surface area contributed by atoms with Gasteiger partial charge >= 0.3 is 0 Å². The van der Waals surface area contributed by atoms with Gasteiger partial charge in [0.2, 0.25) is 0 Å². The van der Waals surface area contributed by atoms with Crippen molar-refractivity contribution in [2.75, 3.05) is 45.1 Å². The average Bonchev–Trinajstić information content (AvgIpc) is 0.774. The predicted octanol–water partition coefficient (Wildman–Crippen LogP) is 25.9. The number of phenols is 2. The molecular weight excluding hydrogens is 1520 g/mol. The van der Waals surface area contributed by atoms with E-state index in [9.17, 15) is 10.2 Å². The quantitative estimate of drug-likeness (QED) is 0.0171. The predicted molar refractivity (Wildman–Crippen MR) is 484 cm³/mol. The number of alkyl halides is 2. The van der Waals surface area contributed by atoms with E-state index >= 15 is 0 Å². The SMILES string of the molecule is C=C(OCCCCBr)C(=CC(=CC)N(Cc1ccccc1)Cc1ccc(C)cc1C)Cc1cc(N(Cc2ccc(C)cc2C)C(C)c2ccc(C)cc2C)cc(Cc2cc(N(Cc3ccccc3)Cc3ccc(C)cc3C)cc(Cc3cc(N(CC4=CC=CCC4)Cc4ccccc4)cc(CC)c3O)c2OCCCCBr)c1O. The zero-order valence-electron chi connectivity index (χ0n) is 68.8. The number of halogens is 2. The minimum Gasteiger partial charge on any atom is -0.507 e. The molecule has 1 aliphatic rings. The lowest BCUT2D eigenvalue weighted by Crippen LogP contribution is -2.27. The average molecular weight is 1640 g/mol. The first-order chi connectivity index (χ1) is 54.7. The number of aromatic hydroxyl groups is 2. The molecule has 1 unspecified atom stereocenters. The third-order valence-electron chi connectivity index (χ3n) is 22.3. The molecule has 0 amide bonds. The fourth-order valence-corrected chi connectivity index (χ4v) is 16.6. The molecule has 10 aromatic rings. The van der Waals surface area contributed by atoms with Gasteiger partial charge in [-0.3, -0.25) is 0 Å². The van der Waals surface area contributed by atoms with Crippen LogP contribution < -0.4 is 19.4 Å². The van der Waals surface area contributed by atoms with Gasteiger partial charge in [0.25, 0.3) is 0 Å². The number of aryl methyl sites for hydroxylation is 9. The van der Waals surface area contributed by atoms with E-state index in [0.717, 1.165) is 123 Å². The second-order valence-corrected chi connectivity index (χ2v) is 32.9. The van der Waals surface area contributed by atoms with Crippen LogP contribution in [0.5, 0.6) is 17.2 Å². The van der Waals surface area contributed by atoms with Crippen molar-refractivity contribution in [3.05, 3.63) is 377 Å². The number of unbranched alkanes of at least 4 members (excludes halogenated alkanes) is 2. The Kier molecular flexibility index (Phi) is 30.8. The van der Waals surface area contributed by atoms with Gasteiger partial charge in [0, 0.05) is 132 Å². The highest BCUT2D eigenvalue weighted by atomic mass is 79.9. The van der Waals surface area contributed by atoms with Gasteiger partial charge in [-0.05, 0) is 223 Å². The van der Waals surface area contributed by atoms with E-state index in [1.54, 1.807) is 0 Å². The van der Waals surface area contributed by atoms with Crippen LogP contribution in [-0.2, 0) is 69.7 Å². The van der Waals surface area contributed by atoms with Crippen molar-refractivity contribution in [3.8, 4) is 17.2 Å². The molecule has 0 heterocycles. The minimum absolute atomic E-state index is 0.118. The fourth-order valence-electron chi connectivity index (χ4n) is 15.8. The third kappa shape index (κ3) is 23.3. The van der Waals surface area contributed by atoms with Gasteiger partial charge in [-0.15, -0.1) is 0 Å². The van der Waals surface area contributed by atoms with Crippen LogP contribution in [0.2, 0.25) is 0 Å². The summed E-state index contributed by atoms with van der Waals surface area (Å²) in [5.41, 5.74) is 29.7. The van der Waals surface area contributed by atoms with Crippen LogP contribution in [0.15, 0.2) is 260 Å². The first-order valence-corrected chi connectivity index (χ1v) is 43.0. The van der Waals surface area contributed by atoms with Crippen molar-refractivity contribution in [1.82, 2.24) is 4.90 Å². The molecule has 0 saturated heterocycles. The van der Waals surface area contributed by atoms with Crippen molar-refractivity contribution in [1.29, 1.82) is 0 Å². The molecule has 10 heteroatoms. The summed E-state index contributed by atoms with van der Waals surface area (Å²) in [6, 6.07) is 73.0. The standard InChI is InChI=1S/C103H118Br2N4O4/c1-13-86-58-97(106(65-82-31-19-15-20-32-82)66-83-33-21-16-22-34-83)60-92(101(86)110)56-94-63-98(108(68-85-37-25-18-26-38-85)70-88-44-40-73(4)52-77(88)8)64-95(103(94)113-50-30-28-48-105)57-93-62-99(109(71-89-45-41-74(5)53-78(89)9)80(11)100-46-42-75(6)54-79(100)10)61-91(102(93)111)55-90(81(12)112-49-29-27-47-104)59-96(14-2)107(67-84-35-23-17-24-36-84)69-87-43-39-72(3)51-76(87)7/h14-21,23-26,31-33,35-46,51-54,58-64,80,110-111H,12-13,22,27-30,34,47-50,55-57,65-71H2,1-11H3. The first-order valence-electron chi connectivity index (χ1n) is 40.8. The molecule has 8 nitrogen and oxygen atoms in total. The highest BCUT2D eigenvalue weighted by molar-refractivity contribution is 9.09. The number of anilines is 3. The smallest absolute Gasteiger partial charge is 0.126 e. The highest BCUT2D eigenvalue weighted by Gasteiger charge is 2.28. The lowest BCUT2D eigenvalue weighted by molar-refractivity contribution is 0.215. The zero-order chi connectivity index (χ0) is 79.9. The summed E-state index contributed by atoms with van der Waals surface area (Å²) in [7, 11) is 0. The van der Waals surface area contributed by atoms with Crippen molar-refractivity contribution in [2.45, 2.75) is 186 Å². The number of allylic oxidation sites excluding steroid dienone is 6. The Morgan fingerprint density at radius 3 is 1.47 bits per heavy atom. The summed E-state index contributed by atoms with van der Waals surface area (Å²) in [6.45, 7) is 34.5. The Hall–Kier alpha value is -9.74. The van der Waals surface area contributed by atoms with Crippen LogP contribution in [0.1, 0.15) is 182 Å². The van der Waals surface area contributed by atoms with E-state index in [4.69, 9.17) is 16.1 Å². The molecule has 0 radical (unpaired) electrons. The number of nitrogens with zero attached hydrogens (tertiary/aromatic N) is 4. The number of benzene rings is 10. The monoisotopic (exact) mass is 1630 g/mol. The maximum absolute atomic E-state index is 14.1.